The molecule has 0 aliphatic carbocycles. The Hall–Kier alpha value is -2.25. The van der Waals surface area contributed by atoms with E-state index in [-0.39, 0.29) is 12.2 Å². The number of nitrogens with one attached hydrogen (secondary N) is 3. The van der Waals surface area contributed by atoms with E-state index in [0.29, 0.717) is 37.3 Å². The molecule has 0 bridgehead atoms. The van der Waals surface area contributed by atoms with E-state index in [0.717, 1.165) is 0 Å². The summed E-state index contributed by atoms with van der Waals surface area (Å²) in [4.78, 5) is 58.0. The van der Waals surface area contributed by atoms with E-state index >= 15 is 0 Å². The van der Waals surface area contributed by atoms with Crippen LogP contribution in [-0.4, -0.2) is 92.1 Å². The maximum atomic E-state index is 13.2. The van der Waals surface area contributed by atoms with Crippen molar-refractivity contribution in [2.45, 2.75) is 49.9 Å². The van der Waals surface area contributed by atoms with E-state index in [1.54, 1.807) is 11.8 Å². The number of carbonyl (C=O) groups excluding carboxylic acids is 3. The molecule has 13 heteroatoms. The fourth-order valence-electron chi connectivity index (χ4n) is 3.42. The van der Waals surface area contributed by atoms with Crippen molar-refractivity contribution >= 4 is 48.1 Å². The summed E-state index contributed by atoms with van der Waals surface area (Å²) < 4.78 is 0. The molecule has 1 fully saturated rings. The number of likely N-dealkylation sites (tertiary alicyclic amines) is 1. The molecule has 178 valence electrons. The van der Waals surface area contributed by atoms with Gasteiger partial charge in [-0.05, 0) is 31.3 Å². The molecule has 11 nitrogen and oxygen atoms in total. The Balaban J connectivity index is 2.11. The lowest BCUT2D eigenvalue weighted by molar-refractivity contribution is -0.149. The van der Waals surface area contributed by atoms with Crippen LogP contribution in [0.25, 0.3) is 0 Å². The molecule has 0 radical (unpaired) electrons. The zero-order chi connectivity index (χ0) is 23.7. The maximum Gasteiger partial charge on any atom is 0.326 e. The minimum atomic E-state index is -1.08. The molecule has 0 spiro atoms. The number of aliphatic carboxylic acids is 1. The van der Waals surface area contributed by atoms with E-state index in [9.17, 15) is 24.3 Å². The number of carbonyl (C=O) groups is 4. The molecule has 32 heavy (non-hydrogen) atoms. The van der Waals surface area contributed by atoms with Gasteiger partial charge in [-0.15, -0.1) is 0 Å². The van der Waals surface area contributed by atoms with Crippen molar-refractivity contribution in [3.05, 3.63) is 18.2 Å². The van der Waals surface area contributed by atoms with Crippen molar-refractivity contribution < 1.29 is 24.3 Å². The Bertz CT molecular complexity index is 793. The fraction of sp³-hybridized carbons (Fsp3) is 0.632. The van der Waals surface area contributed by atoms with Crippen LogP contribution in [0, 0.1) is 0 Å². The SMILES string of the molecule is CSCCC(N)C(=O)NC(CS)C(=O)NC(Cc1cnc[nH]1)C(=O)N1CCCC1C(=O)O. The summed E-state index contributed by atoms with van der Waals surface area (Å²) in [5.41, 5.74) is 6.46. The van der Waals surface area contributed by atoms with Crippen LogP contribution in [0.5, 0.6) is 0 Å². The third kappa shape index (κ3) is 7.14. The number of carboxylic acid groups (broad SMARTS) is 1. The summed E-state index contributed by atoms with van der Waals surface area (Å²) in [6, 6.07) is -3.73. The van der Waals surface area contributed by atoms with Gasteiger partial charge in [0.2, 0.25) is 17.7 Å². The lowest BCUT2D eigenvalue weighted by Crippen LogP contribution is -2.58. The normalized spacial score (nSPS) is 18.6. The number of nitrogens with zero attached hydrogens (tertiary/aromatic N) is 2. The average Bonchev–Trinajstić information content (AvgIpc) is 3.46. The predicted molar refractivity (Wildman–Crippen MR) is 123 cm³/mol. The number of imidazole rings is 1. The second-order valence-corrected chi connectivity index (χ2v) is 8.85. The van der Waals surface area contributed by atoms with Crippen LogP contribution < -0.4 is 16.4 Å². The molecule has 2 rings (SSSR count). The van der Waals surface area contributed by atoms with Crippen LogP contribution in [0.1, 0.15) is 25.0 Å². The molecule has 0 aromatic carbocycles. The van der Waals surface area contributed by atoms with Crippen LogP contribution >= 0.6 is 24.4 Å². The Labute approximate surface area is 196 Å². The largest absolute Gasteiger partial charge is 0.480 e. The first kappa shape index (κ1) is 26.0. The molecule has 0 saturated carbocycles. The molecule has 1 saturated heterocycles. The molecule has 6 N–H and O–H groups in total. The molecule has 4 unspecified atom stereocenters. The van der Waals surface area contributed by atoms with E-state index < -0.39 is 47.9 Å². The number of nitrogens with two attached hydrogens (primary N) is 1. The Morgan fingerprint density at radius 1 is 1.34 bits per heavy atom. The fourth-order valence-corrected chi connectivity index (χ4v) is 4.17. The Morgan fingerprint density at radius 3 is 2.66 bits per heavy atom. The molecule has 1 aliphatic rings. The van der Waals surface area contributed by atoms with Crippen molar-refractivity contribution in [3.63, 3.8) is 0 Å². The van der Waals surface area contributed by atoms with E-state index in [1.807, 2.05) is 6.26 Å². The number of H-pyrrole nitrogens is 1. The zero-order valence-corrected chi connectivity index (χ0v) is 19.5. The molecule has 1 aromatic heterocycles. The lowest BCUT2D eigenvalue weighted by atomic mass is 10.1. The Morgan fingerprint density at radius 2 is 2.06 bits per heavy atom. The number of hydrogen-bond acceptors (Lipinski definition) is 8. The van der Waals surface area contributed by atoms with Crippen molar-refractivity contribution in [3.8, 4) is 0 Å². The first-order valence-electron chi connectivity index (χ1n) is 10.2. The van der Waals surface area contributed by atoms with Gasteiger partial charge in [-0.1, -0.05) is 0 Å². The summed E-state index contributed by atoms with van der Waals surface area (Å²) in [5, 5.41) is 14.6. The second-order valence-electron chi connectivity index (χ2n) is 7.50. The van der Waals surface area contributed by atoms with Gasteiger partial charge in [0.1, 0.15) is 18.1 Å². The van der Waals surface area contributed by atoms with Gasteiger partial charge in [-0.3, -0.25) is 14.4 Å². The second kappa shape index (κ2) is 12.7. The van der Waals surface area contributed by atoms with Gasteiger partial charge < -0.3 is 31.4 Å². The zero-order valence-electron chi connectivity index (χ0n) is 17.8. The standard InChI is InChI=1S/C19H30N6O5S2/c1-32-6-4-12(20)16(26)24-14(9-31)17(27)23-13(7-11-8-21-10-22-11)18(28)25-5-2-3-15(25)19(29)30/h8,10,12-15,31H,2-7,9,20H2,1H3,(H,21,22)(H,23,27)(H,24,26)(H,29,30). The van der Waals surface area contributed by atoms with Crippen LogP contribution in [0.4, 0.5) is 0 Å². The smallest absolute Gasteiger partial charge is 0.326 e. The summed E-state index contributed by atoms with van der Waals surface area (Å²) in [6.45, 7) is 0.294. The summed E-state index contributed by atoms with van der Waals surface area (Å²) in [6.07, 6.45) is 6.34. The number of thioether (sulfide) groups is 1. The average molecular weight is 487 g/mol. The lowest BCUT2D eigenvalue weighted by Gasteiger charge is -2.28. The van der Waals surface area contributed by atoms with E-state index in [2.05, 4.69) is 33.2 Å². The monoisotopic (exact) mass is 486 g/mol. The third-order valence-corrected chi connectivity index (χ3v) is 6.21. The van der Waals surface area contributed by atoms with Gasteiger partial charge in [-0.2, -0.15) is 24.4 Å². The minimum absolute atomic E-state index is 0.000740. The predicted octanol–water partition coefficient (Wildman–Crippen LogP) is -0.992. The third-order valence-electron chi connectivity index (χ3n) is 5.20. The van der Waals surface area contributed by atoms with Gasteiger partial charge in [-0.25, -0.2) is 9.78 Å². The highest BCUT2D eigenvalue weighted by Gasteiger charge is 2.38. The molecule has 1 aliphatic heterocycles. The minimum Gasteiger partial charge on any atom is -0.480 e. The first-order chi connectivity index (χ1) is 15.3. The quantitative estimate of drug-likeness (QED) is 0.204. The number of carboxylic acids is 1. The van der Waals surface area contributed by atoms with Gasteiger partial charge in [0.25, 0.3) is 0 Å². The maximum absolute atomic E-state index is 13.2. The first-order valence-corrected chi connectivity index (χ1v) is 12.3. The highest BCUT2D eigenvalue weighted by atomic mass is 32.2. The van der Waals surface area contributed by atoms with E-state index in [4.69, 9.17) is 5.73 Å². The summed E-state index contributed by atoms with van der Waals surface area (Å²) in [5.74, 6) is -1.96. The van der Waals surface area contributed by atoms with Gasteiger partial charge in [0.15, 0.2) is 0 Å². The number of amides is 3. The van der Waals surface area contributed by atoms with E-state index in [1.165, 1.54) is 17.4 Å². The number of aromatic amines is 1. The van der Waals surface area contributed by atoms with Crippen LogP contribution in [-0.2, 0) is 25.6 Å². The molecular formula is C19H30N6O5S2. The van der Waals surface area contributed by atoms with Gasteiger partial charge >= 0.3 is 5.97 Å². The molecular weight excluding hydrogens is 456 g/mol. The number of hydrogen-bond donors (Lipinski definition) is 6. The van der Waals surface area contributed by atoms with Crippen molar-refractivity contribution in [1.82, 2.24) is 25.5 Å². The highest BCUT2D eigenvalue weighted by Crippen LogP contribution is 2.19. The van der Waals surface area contributed by atoms with Crippen LogP contribution in [0.15, 0.2) is 12.5 Å². The summed E-state index contributed by atoms with van der Waals surface area (Å²) in [7, 11) is 0. The highest BCUT2D eigenvalue weighted by molar-refractivity contribution is 7.98. The van der Waals surface area contributed by atoms with Crippen molar-refractivity contribution in [2.24, 2.45) is 5.73 Å². The van der Waals surface area contributed by atoms with Crippen LogP contribution in [0.3, 0.4) is 0 Å². The molecule has 4 atom stereocenters. The molecule has 1 aromatic rings. The number of rotatable bonds is 12. The van der Waals surface area contributed by atoms with Gasteiger partial charge in [0.05, 0.1) is 12.4 Å². The van der Waals surface area contributed by atoms with Crippen molar-refractivity contribution in [1.29, 1.82) is 0 Å². The number of aromatic nitrogens is 2. The summed E-state index contributed by atoms with van der Waals surface area (Å²) >= 11 is 5.71. The molecule has 3 amide bonds. The molecule has 2 heterocycles. The Kier molecular flexibility index (Phi) is 10.3. The number of thiol groups is 1. The van der Waals surface area contributed by atoms with Crippen molar-refractivity contribution in [2.75, 3.05) is 24.3 Å². The topological polar surface area (TPSA) is 171 Å². The van der Waals surface area contributed by atoms with Gasteiger partial charge in [0, 0.05) is 30.6 Å². The van der Waals surface area contributed by atoms with Crippen LogP contribution in [0.2, 0.25) is 0 Å².